The van der Waals surface area contributed by atoms with Gasteiger partial charge in [0.25, 0.3) is 5.91 Å². The molecule has 1 aromatic rings. The number of hydrogen-bond donors (Lipinski definition) is 2. The average Bonchev–Trinajstić information content (AvgIpc) is 3.04. The van der Waals surface area contributed by atoms with Crippen molar-refractivity contribution in [3.8, 4) is 0 Å². The van der Waals surface area contributed by atoms with Gasteiger partial charge in [-0.05, 0) is 25.4 Å². The molecule has 1 aromatic heterocycles. The van der Waals surface area contributed by atoms with Crippen LogP contribution in [0.3, 0.4) is 0 Å². The lowest BCUT2D eigenvalue weighted by Crippen LogP contribution is -2.30. The summed E-state index contributed by atoms with van der Waals surface area (Å²) in [6, 6.07) is 1.24. The molecule has 19 heavy (non-hydrogen) atoms. The Kier molecular flexibility index (Phi) is 4.21. The molecular weight excluding hydrogens is 248 g/mol. The highest BCUT2D eigenvalue weighted by Crippen LogP contribution is 2.15. The number of rotatable bonds is 5. The van der Waals surface area contributed by atoms with Crippen LogP contribution in [-0.2, 0) is 0 Å². The normalized spacial score (nSPS) is 19.5. The Labute approximate surface area is 111 Å². The molecule has 0 bridgehead atoms. The van der Waals surface area contributed by atoms with Gasteiger partial charge in [0, 0.05) is 19.2 Å². The van der Waals surface area contributed by atoms with Crippen LogP contribution in [-0.4, -0.2) is 48.1 Å². The van der Waals surface area contributed by atoms with E-state index in [2.05, 4.69) is 17.1 Å². The van der Waals surface area contributed by atoms with Crippen molar-refractivity contribution in [3.63, 3.8) is 0 Å². The molecule has 0 aliphatic carbocycles. The maximum absolute atomic E-state index is 11.8. The van der Waals surface area contributed by atoms with Gasteiger partial charge in [0.2, 0.25) is 0 Å². The van der Waals surface area contributed by atoms with Crippen LogP contribution in [0, 0.1) is 5.92 Å². The van der Waals surface area contributed by atoms with Crippen molar-refractivity contribution in [2.45, 2.75) is 13.3 Å². The number of amides is 1. The fourth-order valence-electron chi connectivity index (χ4n) is 2.26. The number of carboxylic acids is 1. The highest BCUT2D eigenvalue weighted by atomic mass is 16.4. The van der Waals surface area contributed by atoms with Gasteiger partial charge in [-0.25, -0.2) is 4.79 Å². The Morgan fingerprint density at radius 1 is 1.58 bits per heavy atom. The molecule has 0 radical (unpaired) electrons. The van der Waals surface area contributed by atoms with E-state index in [-0.39, 0.29) is 17.2 Å². The van der Waals surface area contributed by atoms with Crippen LogP contribution >= 0.6 is 0 Å². The van der Waals surface area contributed by atoms with E-state index in [1.807, 2.05) is 0 Å². The monoisotopic (exact) mass is 266 g/mol. The van der Waals surface area contributed by atoms with Gasteiger partial charge < -0.3 is 19.7 Å². The van der Waals surface area contributed by atoms with Gasteiger partial charge in [-0.1, -0.05) is 6.92 Å². The van der Waals surface area contributed by atoms with Crippen molar-refractivity contribution >= 4 is 11.9 Å². The zero-order valence-electron chi connectivity index (χ0n) is 10.9. The van der Waals surface area contributed by atoms with E-state index in [1.165, 1.54) is 6.07 Å². The Morgan fingerprint density at radius 3 is 2.95 bits per heavy atom. The lowest BCUT2D eigenvalue weighted by atomic mass is 10.1. The Morgan fingerprint density at radius 2 is 2.37 bits per heavy atom. The van der Waals surface area contributed by atoms with E-state index in [0.29, 0.717) is 12.5 Å². The van der Waals surface area contributed by atoms with Crippen molar-refractivity contribution in [1.82, 2.24) is 10.2 Å². The number of likely N-dealkylation sites (tertiary alicyclic amines) is 1. The molecule has 1 saturated heterocycles. The number of furan rings is 1. The predicted octanol–water partition coefficient (Wildman–Crippen LogP) is 1.05. The largest absolute Gasteiger partial charge is 0.478 e. The lowest BCUT2D eigenvalue weighted by molar-refractivity contribution is 0.0696. The summed E-state index contributed by atoms with van der Waals surface area (Å²) in [5.74, 6) is -0.958. The molecule has 0 aromatic carbocycles. The standard InChI is InChI=1S/C13H18N2O4/c1-2-15-4-3-9(7-15)6-14-12(16)11-5-10(8-19-11)13(17)18/h5,8-9H,2-4,6-7H2,1H3,(H,14,16)(H,17,18). The summed E-state index contributed by atoms with van der Waals surface area (Å²) >= 11 is 0. The summed E-state index contributed by atoms with van der Waals surface area (Å²) < 4.78 is 4.94. The van der Waals surface area contributed by atoms with Crippen molar-refractivity contribution in [1.29, 1.82) is 0 Å². The number of carbonyl (C=O) groups excluding carboxylic acids is 1. The van der Waals surface area contributed by atoms with E-state index in [0.717, 1.165) is 32.3 Å². The SMILES string of the molecule is CCN1CCC(CNC(=O)c2cc(C(=O)O)co2)C1. The Bertz CT molecular complexity index is 469. The van der Waals surface area contributed by atoms with Crippen molar-refractivity contribution in [2.24, 2.45) is 5.92 Å². The number of carbonyl (C=O) groups is 2. The molecule has 1 aliphatic heterocycles. The summed E-state index contributed by atoms with van der Waals surface area (Å²) in [5.41, 5.74) is -0.0109. The third kappa shape index (κ3) is 3.35. The molecule has 2 N–H and O–H groups in total. The third-order valence-electron chi connectivity index (χ3n) is 3.44. The first-order chi connectivity index (χ1) is 9.10. The van der Waals surface area contributed by atoms with Crippen LogP contribution in [0.2, 0.25) is 0 Å². The predicted molar refractivity (Wildman–Crippen MR) is 68.2 cm³/mol. The van der Waals surface area contributed by atoms with Crippen LogP contribution in [0.15, 0.2) is 16.7 Å². The van der Waals surface area contributed by atoms with Crippen molar-refractivity contribution in [3.05, 3.63) is 23.7 Å². The van der Waals surface area contributed by atoms with E-state index < -0.39 is 5.97 Å². The number of nitrogens with one attached hydrogen (secondary N) is 1. The van der Waals surface area contributed by atoms with Gasteiger partial charge in [0.1, 0.15) is 6.26 Å². The molecule has 0 spiro atoms. The topological polar surface area (TPSA) is 82.8 Å². The van der Waals surface area contributed by atoms with Gasteiger partial charge in [0.15, 0.2) is 5.76 Å². The first-order valence-electron chi connectivity index (χ1n) is 6.42. The first-order valence-corrected chi connectivity index (χ1v) is 6.42. The second-order valence-electron chi connectivity index (χ2n) is 4.76. The number of nitrogens with zero attached hydrogens (tertiary/aromatic N) is 1. The summed E-state index contributed by atoms with van der Waals surface area (Å²) in [5, 5.41) is 11.5. The third-order valence-corrected chi connectivity index (χ3v) is 3.44. The highest BCUT2D eigenvalue weighted by molar-refractivity contribution is 5.95. The molecule has 2 heterocycles. The first kappa shape index (κ1) is 13.6. The van der Waals surface area contributed by atoms with E-state index >= 15 is 0 Å². The lowest BCUT2D eigenvalue weighted by Gasteiger charge is -2.13. The van der Waals surface area contributed by atoms with E-state index in [1.54, 1.807) is 0 Å². The van der Waals surface area contributed by atoms with Gasteiger partial charge in [-0.3, -0.25) is 4.79 Å². The van der Waals surface area contributed by atoms with Gasteiger partial charge in [-0.15, -0.1) is 0 Å². The Balaban J connectivity index is 1.82. The molecule has 6 heteroatoms. The highest BCUT2D eigenvalue weighted by Gasteiger charge is 2.22. The second kappa shape index (κ2) is 5.88. The maximum Gasteiger partial charge on any atom is 0.338 e. The minimum absolute atomic E-state index is 0.0109. The fraction of sp³-hybridized carbons (Fsp3) is 0.538. The quantitative estimate of drug-likeness (QED) is 0.832. The Hall–Kier alpha value is -1.82. The second-order valence-corrected chi connectivity index (χ2v) is 4.76. The average molecular weight is 266 g/mol. The number of aromatic carboxylic acids is 1. The van der Waals surface area contributed by atoms with Crippen LogP contribution in [0.25, 0.3) is 0 Å². The zero-order valence-corrected chi connectivity index (χ0v) is 10.9. The van der Waals surface area contributed by atoms with Crippen LogP contribution in [0.4, 0.5) is 0 Å². The minimum atomic E-state index is -1.10. The summed E-state index contributed by atoms with van der Waals surface area (Å²) in [6.45, 7) is 5.82. The van der Waals surface area contributed by atoms with Crippen LogP contribution in [0.5, 0.6) is 0 Å². The summed E-state index contributed by atoms with van der Waals surface area (Å²) in [7, 11) is 0. The van der Waals surface area contributed by atoms with Gasteiger partial charge in [0.05, 0.1) is 5.56 Å². The molecule has 1 amide bonds. The molecule has 1 fully saturated rings. The molecule has 2 rings (SSSR count). The van der Waals surface area contributed by atoms with Crippen molar-refractivity contribution < 1.29 is 19.1 Å². The van der Waals surface area contributed by atoms with Gasteiger partial charge in [-0.2, -0.15) is 0 Å². The molecule has 104 valence electrons. The summed E-state index contributed by atoms with van der Waals surface area (Å²) in [4.78, 5) is 24.8. The van der Waals surface area contributed by atoms with E-state index in [4.69, 9.17) is 9.52 Å². The number of hydrogen-bond acceptors (Lipinski definition) is 4. The van der Waals surface area contributed by atoms with Crippen LogP contribution < -0.4 is 5.32 Å². The van der Waals surface area contributed by atoms with Crippen molar-refractivity contribution in [2.75, 3.05) is 26.2 Å². The molecular formula is C13H18N2O4. The molecule has 0 saturated carbocycles. The minimum Gasteiger partial charge on any atom is -0.478 e. The van der Waals surface area contributed by atoms with E-state index in [9.17, 15) is 9.59 Å². The van der Waals surface area contributed by atoms with Crippen LogP contribution in [0.1, 0.15) is 34.3 Å². The molecule has 1 aliphatic rings. The smallest absolute Gasteiger partial charge is 0.338 e. The zero-order chi connectivity index (χ0) is 13.8. The fourth-order valence-corrected chi connectivity index (χ4v) is 2.26. The molecule has 1 unspecified atom stereocenters. The maximum atomic E-state index is 11.8. The number of carboxylic acid groups (broad SMARTS) is 1. The van der Waals surface area contributed by atoms with Gasteiger partial charge >= 0.3 is 5.97 Å². The molecule has 1 atom stereocenters. The summed E-state index contributed by atoms with van der Waals surface area (Å²) in [6.07, 6.45) is 2.15. The molecule has 6 nitrogen and oxygen atoms in total.